The molecule has 0 N–H and O–H groups in total. The Morgan fingerprint density at radius 2 is 1.00 bits per heavy atom. The first-order chi connectivity index (χ1) is 13.3. The van der Waals surface area contributed by atoms with E-state index in [4.69, 9.17) is 0 Å². The third kappa shape index (κ3) is 1.71. The lowest BCUT2D eigenvalue weighted by molar-refractivity contribution is 0.112. The molecule has 0 saturated carbocycles. The number of rotatable bonds is 1. The van der Waals surface area contributed by atoms with Gasteiger partial charge in [-0.1, -0.05) is 72.8 Å². The van der Waals surface area contributed by atoms with E-state index in [9.17, 15) is 4.79 Å². The largest absolute Gasteiger partial charge is 0.298 e. The highest BCUT2D eigenvalue weighted by molar-refractivity contribution is 6.36. The first-order valence-corrected chi connectivity index (χ1v) is 9.25. The molecule has 0 fully saturated rings. The van der Waals surface area contributed by atoms with Gasteiger partial charge in [-0.15, -0.1) is 0 Å². The first kappa shape index (κ1) is 14.7. The van der Waals surface area contributed by atoms with Gasteiger partial charge in [0.1, 0.15) is 0 Å². The van der Waals surface area contributed by atoms with E-state index < -0.39 is 0 Å². The molecule has 0 amide bonds. The molecule has 6 rings (SSSR count). The Morgan fingerprint density at radius 3 is 1.67 bits per heavy atom. The molecule has 0 bridgehead atoms. The van der Waals surface area contributed by atoms with Crippen LogP contribution in [0.3, 0.4) is 0 Å². The van der Waals surface area contributed by atoms with Crippen molar-refractivity contribution in [2.24, 2.45) is 0 Å². The molecular formula is C26H16O. The minimum atomic E-state index is 0.790. The molecule has 0 aliphatic rings. The van der Waals surface area contributed by atoms with Crippen molar-refractivity contribution in [2.45, 2.75) is 6.92 Å². The van der Waals surface area contributed by atoms with Crippen molar-refractivity contribution in [2.75, 3.05) is 0 Å². The Hall–Kier alpha value is -3.45. The lowest BCUT2D eigenvalue weighted by Crippen LogP contribution is -1.93. The van der Waals surface area contributed by atoms with Crippen LogP contribution in [0.2, 0.25) is 0 Å². The molecule has 1 nitrogen and oxygen atoms in total. The molecule has 0 heterocycles. The molecule has 6 aromatic rings. The third-order valence-corrected chi connectivity index (χ3v) is 6.10. The van der Waals surface area contributed by atoms with Crippen molar-refractivity contribution in [3.63, 3.8) is 0 Å². The van der Waals surface area contributed by atoms with E-state index in [0.717, 1.165) is 28.0 Å². The molecular weight excluding hydrogens is 328 g/mol. The number of carbonyl (C=O) groups is 1. The van der Waals surface area contributed by atoms with E-state index in [1.165, 1.54) is 43.3 Å². The summed E-state index contributed by atoms with van der Waals surface area (Å²) in [7, 11) is 0. The zero-order valence-electron chi connectivity index (χ0n) is 14.9. The second-order valence-electron chi connectivity index (χ2n) is 7.32. The number of benzene rings is 6. The smallest absolute Gasteiger partial charge is 0.151 e. The van der Waals surface area contributed by atoms with Crippen molar-refractivity contribution in [3.05, 3.63) is 83.9 Å². The fourth-order valence-electron chi connectivity index (χ4n) is 4.90. The normalized spacial score (nSPS) is 12.0. The Bertz CT molecular complexity index is 1540. The molecule has 0 aromatic heterocycles. The summed E-state index contributed by atoms with van der Waals surface area (Å²) in [6.07, 6.45) is 1.01. The number of hydrogen-bond acceptors (Lipinski definition) is 1. The summed E-state index contributed by atoms with van der Waals surface area (Å²) in [5, 5.41) is 12.0. The summed E-state index contributed by atoms with van der Waals surface area (Å²) in [5.74, 6) is 0. The lowest BCUT2D eigenvalue weighted by atomic mass is 9.85. The number of aryl methyl sites for hydroxylation is 1. The molecule has 0 spiro atoms. The van der Waals surface area contributed by atoms with Crippen molar-refractivity contribution < 1.29 is 4.79 Å². The highest BCUT2D eigenvalue weighted by Crippen LogP contribution is 2.43. The molecule has 27 heavy (non-hydrogen) atoms. The van der Waals surface area contributed by atoms with Gasteiger partial charge in [-0.05, 0) is 66.3 Å². The second kappa shape index (κ2) is 5.05. The SMILES string of the molecule is Cc1c2ccccc2c2ccc3c(C=O)c4ccccc4c4ccc1c2c34. The van der Waals surface area contributed by atoms with Gasteiger partial charge in [0.2, 0.25) is 0 Å². The summed E-state index contributed by atoms with van der Waals surface area (Å²) in [6, 6.07) is 25.6. The topological polar surface area (TPSA) is 17.1 Å². The summed E-state index contributed by atoms with van der Waals surface area (Å²) in [6.45, 7) is 2.20. The van der Waals surface area contributed by atoms with Gasteiger partial charge in [-0.25, -0.2) is 0 Å². The Morgan fingerprint density at radius 1 is 0.519 bits per heavy atom. The molecule has 6 aromatic carbocycles. The van der Waals surface area contributed by atoms with E-state index in [-0.39, 0.29) is 0 Å². The van der Waals surface area contributed by atoms with Gasteiger partial charge in [0.25, 0.3) is 0 Å². The average molecular weight is 344 g/mol. The minimum Gasteiger partial charge on any atom is -0.298 e. The summed E-state index contributed by atoms with van der Waals surface area (Å²) in [4.78, 5) is 12.0. The molecule has 0 saturated heterocycles. The predicted octanol–water partition coefficient (Wildman–Crippen LogP) is 7.01. The van der Waals surface area contributed by atoms with E-state index >= 15 is 0 Å². The van der Waals surface area contributed by atoms with Crippen LogP contribution in [0.25, 0.3) is 53.9 Å². The number of fused-ring (bicyclic) bond motifs is 4. The second-order valence-corrected chi connectivity index (χ2v) is 7.32. The highest BCUT2D eigenvalue weighted by atomic mass is 16.1. The zero-order valence-corrected chi connectivity index (χ0v) is 14.9. The van der Waals surface area contributed by atoms with Crippen molar-refractivity contribution in [1.29, 1.82) is 0 Å². The molecule has 0 unspecified atom stereocenters. The highest BCUT2D eigenvalue weighted by Gasteiger charge is 2.17. The van der Waals surface area contributed by atoms with Crippen LogP contribution in [-0.2, 0) is 0 Å². The summed E-state index contributed by atoms with van der Waals surface area (Å²) >= 11 is 0. The quantitative estimate of drug-likeness (QED) is 0.178. The fraction of sp³-hybridized carbons (Fsp3) is 0.0385. The van der Waals surface area contributed by atoms with Crippen LogP contribution in [0.4, 0.5) is 0 Å². The van der Waals surface area contributed by atoms with Gasteiger partial charge >= 0.3 is 0 Å². The van der Waals surface area contributed by atoms with Crippen molar-refractivity contribution >= 4 is 60.1 Å². The fourth-order valence-corrected chi connectivity index (χ4v) is 4.90. The molecule has 0 atom stereocenters. The lowest BCUT2D eigenvalue weighted by Gasteiger charge is -2.18. The number of aldehydes is 1. The van der Waals surface area contributed by atoms with Gasteiger partial charge < -0.3 is 0 Å². The van der Waals surface area contributed by atoms with Crippen LogP contribution in [-0.4, -0.2) is 6.29 Å². The summed E-state index contributed by atoms with van der Waals surface area (Å²) in [5.41, 5.74) is 2.09. The number of carbonyl (C=O) groups excluding carboxylic acids is 1. The van der Waals surface area contributed by atoms with Crippen LogP contribution in [0.15, 0.2) is 72.8 Å². The maximum Gasteiger partial charge on any atom is 0.151 e. The van der Waals surface area contributed by atoms with Gasteiger partial charge in [0.15, 0.2) is 6.29 Å². The van der Waals surface area contributed by atoms with Gasteiger partial charge in [-0.2, -0.15) is 0 Å². The third-order valence-electron chi connectivity index (χ3n) is 6.10. The Labute approximate surface area is 156 Å². The van der Waals surface area contributed by atoms with Gasteiger partial charge in [-0.3, -0.25) is 4.79 Å². The summed E-state index contributed by atoms with van der Waals surface area (Å²) < 4.78 is 0. The Kier molecular flexibility index (Phi) is 2.75. The Balaban J connectivity index is 2.04. The van der Waals surface area contributed by atoms with Gasteiger partial charge in [0, 0.05) is 5.56 Å². The predicted molar refractivity (Wildman–Crippen MR) is 115 cm³/mol. The van der Waals surface area contributed by atoms with Crippen molar-refractivity contribution in [1.82, 2.24) is 0 Å². The number of hydrogen-bond donors (Lipinski definition) is 0. The first-order valence-electron chi connectivity index (χ1n) is 9.25. The van der Waals surface area contributed by atoms with Crippen LogP contribution < -0.4 is 0 Å². The van der Waals surface area contributed by atoms with Gasteiger partial charge in [0.05, 0.1) is 0 Å². The monoisotopic (exact) mass is 344 g/mol. The molecule has 0 radical (unpaired) electrons. The van der Waals surface area contributed by atoms with Crippen LogP contribution in [0.1, 0.15) is 15.9 Å². The molecule has 0 aliphatic heterocycles. The van der Waals surface area contributed by atoms with E-state index in [2.05, 4.69) is 61.5 Å². The van der Waals surface area contributed by atoms with E-state index in [1.807, 2.05) is 18.2 Å². The van der Waals surface area contributed by atoms with Crippen LogP contribution in [0, 0.1) is 6.92 Å². The minimum absolute atomic E-state index is 0.790. The average Bonchev–Trinajstić information content (AvgIpc) is 2.73. The maximum absolute atomic E-state index is 12.0. The standard InChI is InChI=1S/C26H16O/c1-15-16-6-2-3-7-18(16)21-12-13-23-24(14-27)20-9-5-4-8-19(20)22-11-10-17(15)25(21)26(22)23/h2-14H,1H3. The molecule has 126 valence electrons. The molecule has 0 aliphatic carbocycles. The molecule has 1 heteroatoms. The van der Waals surface area contributed by atoms with E-state index in [0.29, 0.717) is 0 Å². The zero-order chi connectivity index (χ0) is 18.1. The van der Waals surface area contributed by atoms with E-state index in [1.54, 1.807) is 0 Å². The van der Waals surface area contributed by atoms with Crippen LogP contribution in [0.5, 0.6) is 0 Å². The maximum atomic E-state index is 12.0. The van der Waals surface area contributed by atoms with Crippen molar-refractivity contribution in [3.8, 4) is 0 Å². The van der Waals surface area contributed by atoms with Crippen LogP contribution >= 0.6 is 0 Å².